The minimum absolute atomic E-state index is 0.356. The summed E-state index contributed by atoms with van der Waals surface area (Å²) in [5, 5.41) is 0.748. The van der Waals surface area contributed by atoms with Crippen molar-refractivity contribution in [3.05, 3.63) is 71.9 Å². The van der Waals surface area contributed by atoms with Crippen LogP contribution in [0.25, 0.3) is 21.5 Å². The van der Waals surface area contributed by atoms with E-state index in [1.54, 1.807) is 36.7 Å². The summed E-state index contributed by atoms with van der Waals surface area (Å²) in [5.74, 6) is 0.00277. The third kappa shape index (κ3) is 2.95. The van der Waals surface area contributed by atoms with Crippen molar-refractivity contribution < 1.29 is 9.53 Å². The summed E-state index contributed by atoms with van der Waals surface area (Å²) in [7, 11) is 0. The van der Waals surface area contributed by atoms with E-state index in [4.69, 9.17) is 10.5 Å². The first kappa shape index (κ1) is 15.3. The zero-order chi connectivity index (χ0) is 17.2. The zero-order valence-electron chi connectivity index (χ0n) is 13.0. The largest absolute Gasteiger partial charge is 0.422 e. The summed E-state index contributed by atoms with van der Waals surface area (Å²) in [6.07, 6.45) is 3.46. The lowest BCUT2D eigenvalue weighted by Gasteiger charge is -2.02. The van der Waals surface area contributed by atoms with Crippen LogP contribution in [0.15, 0.2) is 67.0 Å². The fourth-order valence-corrected chi connectivity index (χ4v) is 3.44. The van der Waals surface area contributed by atoms with E-state index < -0.39 is 5.97 Å². The number of nitrogen functional groups attached to an aromatic ring is 1. The number of fused-ring (bicyclic) bond motifs is 1. The molecule has 1 aromatic carbocycles. The van der Waals surface area contributed by atoms with Gasteiger partial charge in [0.2, 0.25) is 0 Å². The van der Waals surface area contributed by atoms with Gasteiger partial charge in [-0.2, -0.15) is 0 Å². The number of nitrogens with zero attached hydrogens (tertiary/aromatic N) is 2. The van der Waals surface area contributed by atoms with Crippen LogP contribution in [0.3, 0.4) is 0 Å². The highest BCUT2D eigenvalue weighted by Gasteiger charge is 2.19. The van der Waals surface area contributed by atoms with Crippen LogP contribution in [0.5, 0.6) is 5.75 Å². The Hall–Kier alpha value is -3.25. The number of hydrogen-bond donors (Lipinski definition) is 1. The van der Waals surface area contributed by atoms with Gasteiger partial charge in [-0.05, 0) is 36.4 Å². The monoisotopic (exact) mass is 347 g/mol. The number of ether oxygens (including phenoxy) is 1. The highest BCUT2D eigenvalue weighted by molar-refractivity contribution is 7.21. The van der Waals surface area contributed by atoms with Gasteiger partial charge >= 0.3 is 5.97 Å². The Morgan fingerprint density at radius 1 is 1.04 bits per heavy atom. The Bertz CT molecular complexity index is 1050. The van der Waals surface area contributed by atoms with Crippen molar-refractivity contribution in [1.29, 1.82) is 0 Å². The van der Waals surface area contributed by atoms with E-state index in [1.807, 2.05) is 30.3 Å². The average molecular weight is 347 g/mol. The Morgan fingerprint density at radius 2 is 1.88 bits per heavy atom. The van der Waals surface area contributed by atoms with Gasteiger partial charge in [-0.25, -0.2) is 9.78 Å². The molecule has 0 fully saturated rings. The van der Waals surface area contributed by atoms with E-state index in [0.717, 1.165) is 16.6 Å². The number of pyridine rings is 2. The van der Waals surface area contributed by atoms with E-state index in [1.165, 1.54) is 11.3 Å². The predicted octanol–water partition coefficient (Wildman–Crippen LogP) is 4.16. The molecule has 5 nitrogen and oxygen atoms in total. The highest BCUT2D eigenvalue weighted by atomic mass is 32.1. The number of para-hydroxylation sites is 1. The molecule has 2 N–H and O–H groups in total. The molecule has 4 rings (SSSR count). The van der Waals surface area contributed by atoms with Crippen molar-refractivity contribution in [2.75, 3.05) is 5.73 Å². The van der Waals surface area contributed by atoms with Crippen LogP contribution in [0.4, 0.5) is 5.69 Å². The van der Waals surface area contributed by atoms with Crippen LogP contribution >= 0.6 is 11.3 Å². The normalized spacial score (nSPS) is 10.7. The molecular formula is C19H13N3O2S. The number of carbonyl (C=O) groups excluding carboxylic acids is 1. The molecule has 25 heavy (non-hydrogen) atoms. The SMILES string of the molecule is Nc1c(C(=O)Oc2ccccc2)sc2nc(-c3cccnc3)ccc12. The molecule has 0 saturated heterocycles. The van der Waals surface area contributed by atoms with Gasteiger partial charge in [-0.3, -0.25) is 4.98 Å². The first-order valence-corrected chi connectivity index (χ1v) is 8.40. The maximum atomic E-state index is 12.4. The molecule has 3 aromatic heterocycles. The molecule has 4 aromatic rings. The highest BCUT2D eigenvalue weighted by Crippen LogP contribution is 2.34. The summed E-state index contributed by atoms with van der Waals surface area (Å²) >= 11 is 1.23. The van der Waals surface area contributed by atoms with Gasteiger partial charge in [0, 0.05) is 23.3 Å². The van der Waals surface area contributed by atoms with Crippen LogP contribution in [0, 0.1) is 0 Å². The Kier molecular flexibility index (Phi) is 3.87. The smallest absolute Gasteiger partial charge is 0.355 e. The summed E-state index contributed by atoms with van der Waals surface area (Å²) in [5.41, 5.74) is 8.22. The van der Waals surface area contributed by atoms with Crippen LogP contribution < -0.4 is 10.5 Å². The number of carbonyl (C=O) groups is 1. The lowest BCUT2D eigenvalue weighted by atomic mass is 10.1. The Balaban J connectivity index is 1.71. The minimum Gasteiger partial charge on any atom is -0.422 e. The molecule has 0 saturated carbocycles. The summed E-state index contributed by atoms with van der Waals surface area (Å²) in [4.78, 5) is 22.2. The first-order chi connectivity index (χ1) is 12.2. The van der Waals surface area contributed by atoms with Gasteiger partial charge in [0.25, 0.3) is 0 Å². The van der Waals surface area contributed by atoms with E-state index in [0.29, 0.717) is 21.1 Å². The third-order valence-electron chi connectivity index (χ3n) is 3.69. The van der Waals surface area contributed by atoms with Crippen LogP contribution in [-0.2, 0) is 0 Å². The number of thiophene rings is 1. The van der Waals surface area contributed by atoms with Crippen molar-refractivity contribution in [2.45, 2.75) is 0 Å². The molecule has 0 radical (unpaired) electrons. The van der Waals surface area contributed by atoms with Crippen molar-refractivity contribution in [1.82, 2.24) is 9.97 Å². The molecule has 6 heteroatoms. The van der Waals surface area contributed by atoms with Crippen LogP contribution in [-0.4, -0.2) is 15.9 Å². The number of hydrogen-bond acceptors (Lipinski definition) is 6. The lowest BCUT2D eigenvalue weighted by molar-refractivity contribution is 0.0741. The minimum atomic E-state index is -0.477. The molecule has 3 heterocycles. The van der Waals surface area contributed by atoms with Crippen molar-refractivity contribution >= 4 is 33.2 Å². The number of esters is 1. The van der Waals surface area contributed by atoms with Crippen molar-refractivity contribution in [3.63, 3.8) is 0 Å². The average Bonchev–Trinajstić information content (AvgIpc) is 2.99. The second-order valence-corrected chi connectivity index (χ2v) is 6.34. The van der Waals surface area contributed by atoms with E-state index >= 15 is 0 Å². The van der Waals surface area contributed by atoms with Gasteiger partial charge in [0.15, 0.2) is 0 Å². The Labute approximate surface area is 147 Å². The molecule has 0 amide bonds. The first-order valence-electron chi connectivity index (χ1n) is 7.59. The van der Waals surface area contributed by atoms with E-state index in [2.05, 4.69) is 9.97 Å². The van der Waals surface area contributed by atoms with Gasteiger partial charge in [-0.1, -0.05) is 18.2 Å². The van der Waals surface area contributed by atoms with Gasteiger partial charge in [0.1, 0.15) is 15.5 Å². The summed E-state index contributed by atoms with van der Waals surface area (Å²) in [6, 6.07) is 16.4. The van der Waals surface area contributed by atoms with Crippen molar-refractivity contribution in [3.8, 4) is 17.0 Å². The van der Waals surface area contributed by atoms with Gasteiger partial charge < -0.3 is 10.5 Å². The summed E-state index contributed by atoms with van der Waals surface area (Å²) in [6.45, 7) is 0. The maximum Gasteiger partial charge on any atom is 0.355 e. The third-order valence-corrected chi connectivity index (χ3v) is 4.79. The summed E-state index contributed by atoms with van der Waals surface area (Å²) < 4.78 is 5.38. The second-order valence-electron chi connectivity index (χ2n) is 5.34. The van der Waals surface area contributed by atoms with Crippen molar-refractivity contribution in [2.24, 2.45) is 0 Å². The lowest BCUT2D eigenvalue weighted by Crippen LogP contribution is -2.08. The molecule has 0 aliphatic heterocycles. The maximum absolute atomic E-state index is 12.4. The van der Waals surface area contributed by atoms with Gasteiger partial charge in [0.05, 0.1) is 11.4 Å². The molecule has 0 aliphatic carbocycles. The fourth-order valence-electron chi connectivity index (χ4n) is 2.47. The molecule has 0 atom stereocenters. The quantitative estimate of drug-likeness (QED) is 0.445. The van der Waals surface area contributed by atoms with Crippen LogP contribution in [0.2, 0.25) is 0 Å². The topological polar surface area (TPSA) is 78.1 Å². The Morgan fingerprint density at radius 3 is 2.64 bits per heavy atom. The number of rotatable bonds is 3. The zero-order valence-corrected chi connectivity index (χ0v) is 13.9. The van der Waals surface area contributed by atoms with Crippen LogP contribution in [0.1, 0.15) is 9.67 Å². The number of nitrogens with two attached hydrogens (primary N) is 1. The molecule has 122 valence electrons. The molecule has 0 spiro atoms. The standard InChI is InChI=1S/C19H13N3O2S/c20-16-14-8-9-15(12-5-4-10-21-11-12)22-18(14)25-17(16)19(23)24-13-6-2-1-3-7-13/h1-11H,20H2. The molecule has 0 unspecified atom stereocenters. The fraction of sp³-hybridized carbons (Fsp3) is 0. The van der Waals surface area contributed by atoms with E-state index in [9.17, 15) is 4.79 Å². The molecule has 0 aliphatic rings. The van der Waals surface area contributed by atoms with Gasteiger partial charge in [-0.15, -0.1) is 11.3 Å². The second kappa shape index (κ2) is 6.33. The number of benzene rings is 1. The number of aromatic nitrogens is 2. The number of anilines is 1. The van der Waals surface area contributed by atoms with E-state index in [-0.39, 0.29) is 0 Å². The predicted molar refractivity (Wildman–Crippen MR) is 98.7 cm³/mol. The molecule has 0 bridgehead atoms. The molecular weight excluding hydrogens is 334 g/mol.